The highest BCUT2D eigenvalue weighted by Crippen LogP contribution is 2.32. The van der Waals surface area contributed by atoms with Crippen LogP contribution in [-0.4, -0.2) is 26.0 Å². The van der Waals surface area contributed by atoms with E-state index < -0.39 is 0 Å². The summed E-state index contributed by atoms with van der Waals surface area (Å²) in [7, 11) is 0. The fourth-order valence-corrected chi connectivity index (χ4v) is 3.55. The van der Waals surface area contributed by atoms with Crippen molar-refractivity contribution in [3.8, 4) is 0 Å². The summed E-state index contributed by atoms with van der Waals surface area (Å²) in [6, 6.07) is 10.6. The molecule has 1 unspecified atom stereocenters. The van der Waals surface area contributed by atoms with E-state index in [-0.39, 0.29) is 6.04 Å². The molecule has 0 bridgehead atoms. The summed E-state index contributed by atoms with van der Waals surface area (Å²) in [5.74, 6) is 0.789. The Balaban J connectivity index is 1.62. The van der Waals surface area contributed by atoms with E-state index in [1.807, 2.05) is 22.9 Å². The Bertz CT molecular complexity index is 536. The number of hydrogen-bond acceptors (Lipinski definition) is 5. The number of thioether (sulfide) groups is 1. The minimum Gasteiger partial charge on any atom is -0.323 e. The Kier molecular flexibility index (Phi) is 4.32. The number of tetrazole rings is 1. The molecule has 5 nitrogen and oxygen atoms in total. The van der Waals surface area contributed by atoms with Gasteiger partial charge in [0.05, 0.1) is 6.04 Å². The van der Waals surface area contributed by atoms with Gasteiger partial charge in [-0.15, -0.1) is 5.10 Å². The standard InChI is InChI=1S/C14H19N5S/c15-13(11-6-2-1-3-7-11)10-20-14-16-17-18-19(14)12-8-4-5-9-12/h1-3,6-7,12-13H,4-5,8-10,15H2. The van der Waals surface area contributed by atoms with Gasteiger partial charge >= 0.3 is 0 Å². The number of hydrogen-bond donors (Lipinski definition) is 1. The minimum absolute atomic E-state index is 0.00919. The van der Waals surface area contributed by atoms with E-state index in [9.17, 15) is 0 Å². The molecule has 106 valence electrons. The number of nitrogens with two attached hydrogens (primary N) is 1. The summed E-state index contributed by atoms with van der Waals surface area (Å²) in [6.07, 6.45) is 4.92. The molecule has 0 radical (unpaired) electrons. The van der Waals surface area contributed by atoms with Crippen molar-refractivity contribution in [2.45, 2.75) is 42.9 Å². The van der Waals surface area contributed by atoms with E-state index in [1.54, 1.807) is 11.8 Å². The van der Waals surface area contributed by atoms with Crippen LogP contribution >= 0.6 is 11.8 Å². The van der Waals surface area contributed by atoms with Gasteiger partial charge in [-0.25, -0.2) is 4.68 Å². The monoisotopic (exact) mass is 289 g/mol. The van der Waals surface area contributed by atoms with Crippen LogP contribution < -0.4 is 5.73 Å². The van der Waals surface area contributed by atoms with Crippen LogP contribution in [-0.2, 0) is 0 Å². The van der Waals surface area contributed by atoms with Gasteiger partial charge in [0.25, 0.3) is 0 Å². The molecule has 1 heterocycles. The van der Waals surface area contributed by atoms with E-state index in [1.165, 1.54) is 25.7 Å². The summed E-state index contributed by atoms with van der Waals surface area (Å²) >= 11 is 1.65. The maximum Gasteiger partial charge on any atom is 0.209 e. The van der Waals surface area contributed by atoms with Crippen LogP contribution in [0.1, 0.15) is 43.3 Å². The molecular formula is C14H19N5S. The highest BCUT2D eigenvalue weighted by atomic mass is 32.2. The third kappa shape index (κ3) is 3.02. The third-order valence-electron chi connectivity index (χ3n) is 3.75. The fraction of sp³-hybridized carbons (Fsp3) is 0.500. The minimum atomic E-state index is 0.00919. The van der Waals surface area contributed by atoms with Crippen molar-refractivity contribution in [2.24, 2.45) is 5.73 Å². The van der Waals surface area contributed by atoms with Crippen molar-refractivity contribution < 1.29 is 0 Å². The number of aromatic nitrogens is 4. The zero-order valence-corrected chi connectivity index (χ0v) is 12.2. The lowest BCUT2D eigenvalue weighted by Crippen LogP contribution is -2.14. The number of nitrogens with zero attached hydrogens (tertiary/aromatic N) is 4. The van der Waals surface area contributed by atoms with Crippen LogP contribution in [0.15, 0.2) is 35.5 Å². The van der Waals surface area contributed by atoms with E-state index in [4.69, 9.17) is 5.73 Å². The Morgan fingerprint density at radius 3 is 2.75 bits per heavy atom. The molecule has 1 atom stereocenters. The molecule has 3 rings (SSSR count). The Hall–Kier alpha value is -1.40. The maximum atomic E-state index is 6.22. The molecule has 0 amide bonds. The van der Waals surface area contributed by atoms with Crippen LogP contribution in [0, 0.1) is 0 Å². The Labute approximate surface area is 122 Å². The highest BCUT2D eigenvalue weighted by molar-refractivity contribution is 7.99. The quantitative estimate of drug-likeness (QED) is 0.857. The van der Waals surface area contributed by atoms with Crippen molar-refractivity contribution in [3.63, 3.8) is 0 Å². The second kappa shape index (κ2) is 6.37. The Morgan fingerprint density at radius 1 is 1.25 bits per heavy atom. The van der Waals surface area contributed by atoms with Crippen molar-refractivity contribution in [3.05, 3.63) is 35.9 Å². The van der Waals surface area contributed by atoms with Crippen LogP contribution in [0.3, 0.4) is 0 Å². The fourth-order valence-electron chi connectivity index (χ4n) is 2.62. The average Bonchev–Trinajstić information content (AvgIpc) is 3.16. The molecule has 6 heteroatoms. The summed E-state index contributed by atoms with van der Waals surface area (Å²) < 4.78 is 1.98. The molecule has 1 aliphatic carbocycles. The van der Waals surface area contributed by atoms with Gasteiger partial charge in [-0.05, 0) is 28.8 Å². The first-order chi connectivity index (χ1) is 9.84. The Morgan fingerprint density at radius 2 is 2.00 bits per heavy atom. The van der Waals surface area contributed by atoms with Crippen molar-refractivity contribution in [1.29, 1.82) is 0 Å². The number of rotatable bonds is 5. The van der Waals surface area contributed by atoms with Gasteiger partial charge in [0, 0.05) is 11.8 Å². The molecule has 1 aromatic heterocycles. The largest absolute Gasteiger partial charge is 0.323 e. The summed E-state index contributed by atoms with van der Waals surface area (Å²) in [6.45, 7) is 0. The van der Waals surface area contributed by atoms with Crippen LogP contribution in [0.4, 0.5) is 0 Å². The molecule has 1 fully saturated rings. The first-order valence-electron chi connectivity index (χ1n) is 7.06. The molecular weight excluding hydrogens is 270 g/mol. The van der Waals surface area contributed by atoms with Crippen molar-refractivity contribution in [2.75, 3.05) is 5.75 Å². The molecule has 20 heavy (non-hydrogen) atoms. The van der Waals surface area contributed by atoms with Crippen molar-refractivity contribution in [1.82, 2.24) is 20.2 Å². The third-order valence-corrected chi connectivity index (χ3v) is 4.81. The van der Waals surface area contributed by atoms with Crippen LogP contribution in [0.2, 0.25) is 0 Å². The van der Waals surface area contributed by atoms with Gasteiger partial charge in [0.2, 0.25) is 5.16 Å². The van der Waals surface area contributed by atoms with Crippen LogP contribution in [0.25, 0.3) is 0 Å². The molecule has 1 aromatic carbocycles. The van der Waals surface area contributed by atoms with Gasteiger partial charge in [-0.3, -0.25) is 0 Å². The molecule has 0 aliphatic heterocycles. The lowest BCUT2D eigenvalue weighted by molar-refractivity contribution is 0.423. The first-order valence-corrected chi connectivity index (χ1v) is 8.04. The number of benzene rings is 1. The smallest absolute Gasteiger partial charge is 0.209 e. The molecule has 2 N–H and O–H groups in total. The summed E-state index contributed by atoms with van der Waals surface area (Å²) in [5, 5.41) is 13.0. The lowest BCUT2D eigenvalue weighted by Gasteiger charge is -2.13. The van der Waals surface area contributed by atoms with Gasteiger partial charge < -0.3 is 5.73 Å². The van der Waals surface area contributed by atoms with Gasteiger partial charge in [0.15, 0.2) is 0 Å². The lowest BCUT2D eigenvalue weighted by atomic mass is 10.1. The van der Waals surface area contributed by atoms with Gasteiger partial charge in [-0.1, -0.05) is 54.9 Å². The van der Waals surface area contributed by atoms with Gasteiger partial charge in [0.1, 0.15) is 0 Å². The van der Waals surface area contributed by atoms with Crippen LogP contribution in [0.5, 0.6) is 0 Å². The predicted molar refractivity (Wildman–Crippen MR) is 79.4 cm³/mol. The average molecular weight is 289 g/mol. The second-order valence-electron chi connectivity index (χ2n) is 5.17. The molecule has 0 spiro atoms. The molecule has 2 aromatic rings. The van der Waals surface area contributed by atoms with E-state index in [0.29, 0.717) is 6.04 Å². The molecule has 0 saturated heterocycles. The SMILES string of the molecule is NC(CSc1nnnn1C1CCCC1)c1ccccc1. The van der Waals surface area contributed by atoms with E-state index >= 15 is 0 Å². The zero-order valence-electron chi connectivity index (χ0n) is 11.4. The topological polar surface area (TPSA) is 69.6 Å². The zero-order chi connectivity index (χ0) is 13.8. The highest BCUT2D eigenvalue weighted by Gasteiger charge is 2.22. The van der Waals surface area contributed by atoms with Crippen molar-refractivity contribution >= 4 is 11.8 Å². The summed E-state index contributed by atoms with van der Waals surface area (Å²) in [5.41, 5.74) is 7.37. The second-order valence-corrected chi connectivity index (χ2v) is 6.16. The van der Waals surface area contributed by atoms with E-state index in [2.05, 4.69) is 27.7 Å². The molecule has 1 aliphatic rings. The normalized spacial score (nSPS) is 17.4. The van der Waals surface area contributed by atoms with Gasteiger partial charge in [-0.2, -0.15) is 0 Å². The maximum absolute atomic E-state index is 6.22. The molecule has 1 saturated carbocycles. The first kappa shape index (κ1) is 13.6. The van der Waals surface area contributed by atoms with E-state index in [0.717, 1.165) is 16.5 Å². The predicted octanol–water partition coefficient (Wildman–Crippen LogP) is 2.58. The summed E-state index contributed by atoms with van der Waals surface area (Å²) in [4.78, 5) is 0.